The number of amides is 3. The molecule has 1 fully saturated rings. The molecule has 1 aliphatic heterocycles. The first-order valence-corrected chi connectivity index (χ1v) is 13.6. The van der Waals surface area contributed by atoms with Crippen molar-refractivity contribution in [3.8, 4) is 10.4 Å². The SMILES string of the molecule is CC.CC(=O)NC(C(=O)N1CCCC1C)C(C)(C)C.Cc1ncsc1-c1ccc(C(C)NC=O)cc1. The molecule has 0 aliphatic carbocycles. The van der Waals surface area contributed by atoms with Gasteiger partial charge in [-0.2, -0.15) is 0 Å². The first-order chi connectivity index (χ1) is 17.0. The number of aromatic nitrogens is 1. The number of carbonyl (C=O) groups is 3. The third-order valence-corrected chi connectivity index (χ3v) is 7.01. The molecular weight excluding hydrogens is 472 g/mol. The highest BCUT2D eigenvalue weighted by atomic mass is 32.1. The van der Waals surface area contributed by atoms with Crippen LogP contribution < -0.4 is 10.6 Å². The minimum atomic E-state index is -0.430. The molecule has 3 amide bonds. The summed E-state index contributed by atoms with van der Waals surface area (Å²) in [5, 5.41) is 5.52. The topological polar surface area (TPSA) is 91.4 Å². The fourth-order valence-electron chi connectivity index (χ4n) is 3.98. The standard InChI is InChI=1S/C13H24N2O2.C13H14N2OS.C2H6/c1-9-7-6-8-15(9)12(17)11(13(3,4)5)14-10(2)16;1-9(14-7-16)11-3-5-12(6-4-11)13-10(2)15-8-17-13;1-2/h9,11H,6-8H2,1-5H3,(H,14,16);3-9H,1-2H3,(H,14,16);1-2H3. The Hall–Kier alpha value is -2.74. The van der Waals surface area contributed by atoms with Crippen molar-refractivity contribution < 1.29 is 14.4 Å². The summed E-state index contributed by atoms with van der Waals surface area (Å²) in [6.07, 6.45) is 2.85. The highest BCUT2D eigenvalue weighted by molar-refractivity contribution is 7.13. The van der Waals surface area contributed by atoms with Gasteiger partial charge in [-0.3, -0.25) is 14.4 Å². The lowest BCUT2D eigenvalue weighted by molar-refractivity contribution is -0.139. The van der Waals surface area contributed by atoms with Gasteiger partial charge in [-0.05, 0) is 50.2 Å². The van der Waals surface area contributed by atoms with Gasteiger partial charge >= 0.3 is 0 Å². The average molecular weight is 517 g/mol. The van der Waals surface area contributed by atoms with Crippen LogP contribution in [-0.4, -0.2) is 46.7 Å². The van der Waals surface area contributed by atoms with E-state index in [1.54, 1.807) is 11.3 Å². The first kappa shape index (κ1) is 31.3. The van der Waals surface area contributed by atoms with Gasteiger partial charge in [-0.15, -0.1) is 11.3 Å². The molecule has 1 aliphatic rings. The van der Waals surface area contributed by atoms with E-state index in [1.165, 1.54) is 17.4 Å². The summed E-state index contributed by atoms with van der Waals surface area (Å²) in [5.41, 5.74) is 4.93. The Labute approximate surface area is 221 Å². The summed E-state index contributed by atoms with van der Waals surface area (Å²) in [7, 11) is 0. The lowest BCUT2D eigenvalue weighted by atomic mass is 9.85. The summed E-state index contributed by atoms with van der Waals surface area (Å²) in [6, 6.07) is 8.12. The molecule has 3 unspecified atom stereocenters. The van der Waals surface area contributed by atoms with Crippen LogP contribution in [0.25, 0.3) is 10.4 Å². The minimum Gasteiger partial charge on any atom is -0.352 e. The number of aryl methyl sites for hydroxylation is 1. The molecule has 200 valence electrons. The van der Waals surface area contributed by atoms with Crippen LogP contribution in [0.2, 0.25) is 0 Å². The van der Waals surface area contributed by atoms with Gasteiger partial charge in [0, 0.05) is 19.5 Å². The zero-order chi connectivity index (χ0) is 27.5. The third kappa shape index (κ3) is 9.04. The second kappa shape index (κ2) is 14.7. The maximum atomic E-state index is 12.4. The number of hydrogen-bond donors (Lipinski definition) is 2. The van der Waals surface area contributed by atoms with Crippen LogP contribution in [0.1, 0.15) is 85.5 Å². The van der Waals surface area contributed by atoms with E-state index in [1.807, 2.05) is 71.0 Å². The van der Waals surface area contributed by atoms with Gasteiger partial charge in [0.1, 0.15) is 6.04 Å². The summed E-state index contributed by atoms with van der Waals surface area (Å²) in [4.78, 5) is 41.4. The van der Waals surface area contributed by atoms with Crippen LogP contribution >= 0.6 is 11.3 Å². The zero-order valence-electron chi connectivity index (χ0n) is 23.3. The first-order valence-electron chi connectivity index (χ1n) is 12.7. The predicted molar refractivity (Wildman–Crippen MR) is 149 cm³/mol. The van der Waals surface area contributed by atoms with E-state index < -0.39 is 6.04 Å². The maximum Gasteiger partial charge on any atom is 0.245 e. The molecule has 0 spiro atoms. The molecule has 7 nitrogen and oxygen atoms in total. The van der Waals surface area contributed by atoms with E-state index in [0.29, 0.717) is 6.04 Å². The lowest BCUT2D eigenvalue weighted by Crippen LogP contribution is -2.54. The minimum absolute atomic E-state index is 0.0455. The number of nitrogens with zero attached hydrogens (tertiary/aromatic N) is 2. The van der Waals surface area contributed by atoms with Gasteiger partial charge in [-0.25, -0.2) is 4.98 Å². The molecule has 36 heavy (non-hydrogen) atoms. The normalized spacial score (nSPS) is 16.5. The van der Waals surface area contributed by atoms with Gasteiger partial charge in [0.15, 0.2) is 0 Å². The molecular formula is C28H44N4O3S. The maximum absolute atomic E-state index is 12.4. The molecule has 0 bridgehead atoms. The van der Waals surface area contributed by atoms with E-state index >= 15 is 0 Å². The predicted octanol–water partition coefficient (Wildman–Crippen LogP) is 5.50. The van der Waals surface area contributed by atoms with Gasteiger partial charge in [0.05, 0.1) is 22.1 Å². The van der Waals surface area contributed by atoms with Crippen molar-refractivity contribution in [1.82, 2.24) is 20.5 Å². The van der Waals surface area contributed by atoms with Crippen molar-refractivity contribution in [3.05, 3.63) is 41.0 Å². The monoisotopic (exact) mass is 516 g/mol. The van der Waals surface area contributed by atoms with Crippen molar-refractivity contribution >= 4 is 29.6 Å². The van der Waals surface area contributed by atoms with E-state index in [0.717, 1.165) is 37.1 Å². The molecule has 3 rings (SSSR count). The second-order valence-corrected chi connectivity index (χ2v) is 10.8. The quantitative estimate of drug-likeness (QED) is 0.496. The van der Waals surface area contributed by atoms with Crippen molar-refractivity contribution in [1.29, 1.82) is 0 Å². The summed E-state index contributed by atoms with van der Waals surface area (Å²) >= 11 is 1.64. The Kier molecular flexibility index (Phi) is 12.8. The Morgan fingerprint density at radius 1 is 1.19 bits per heavy atom. The summed E-state index contributed by atoms with van der Waals surface area (Å²) in [6.45, 7) is 18.2. The van der Waals surface area contributed by atoms with E-state index in [2.05, 4.69) is 34.7 Å². The van der Waals surface area contributed by atoms with Crippen LogP contribution in [0, 0.1) is 12.3 Å². The van der Waals surface area contributed by atoms with Crippen LogP contribution in [-0.2, 0) is 14.4 Å². The third-order valence-electron chi connectivity index (χ3n) is 6.03. The van der Waals surface area contributed by atoms with Crippen LogP contribution in [0.3, 0.4) is 0 Å². The Bertz CT molecular complexity index is 966. The average Bonchev–Trinajstić information content (AvgIpc) is 3.46. The van der Waals surface area contributed by atoms with E-state index in [-0.39, 0.29) is 23.3 Å². The highest BCUT2D eigenvalue weighted by Gasteiger charge is 2.37. The molecule has 1 aromatic heterocycles. The van der Waals surface area contributed by atoms with Crippen LogP contribution in [0.15, 0.2) is 29.8 Å². The zero-order valence-corrected chi connectivity index (χ0v) is 24.2. The van der Waals surface area contributed by atoms with Crippen LogP contribution in [0.5, 0.6) is 0 Å². The van der Waals surface area contributed by atoms with Crippen molar-refractivity contribution in [3.63, 3.8) is 0 Å². The van der Waals surface area contributed by atoms with Crippen molar-refractivity contribution in [2.75, 3.05) is 6.54 Å². The molecule has 2 N–H and O–H groups in total. The Balaban J connectivity index is 0.000000337. The molecule has 0 radical (unpaired) electrons. The summed E-state index contributed by atoms with van der Waals surface area (Å²) < 4.78 is 0. The number of nitrogens with one attached hydrogen (secondary N) is 2. The highest BCUT2D eigenvalue weighted by Crippen LogP contribution is 2.28. The molecule has 2 aromatic rings. The number of rotatable bonds is 6. The number of hydrogen-bond acceptors (Lipinski definition) is 5. The van der Waals surface area contributed by atoms with Gasteiger partial charge in [-0.1, -0.05) is 58.9 Å². The number of benzene rings is 1. The lowest BCUT2D eigenvalue weighted by Gasteiger charge is -2.34. The molecule has 3 atom stereocenters. The second-order valence-electron chi connectivity index (χ2n) is 9.92. The van der Waals surface area contributed by atoms with Gasteiger partial charge < -0.3 is 15.5 Å². The molecule has 1 saturated heterocycles. The Morgan fingerprint density at radius 3 is 2.22 bits per heavy atom. The molecule has 0 saturated carbocycles. The smallest absolute Gasteiger partial charge is 0.245 e. The van der Waals surface area contributed by atoms with E-state index in [9.17, 15) is 14.4 Å². The molecule has 2 heterocycles. The van der Waals surface area contributed by atoms with Crippen molar-refractivity contribution in [2.24, 2.45) is 5.41 Å². The van der Waals surface area contributed by atoms with Gasteiger partial charge in [0.25, 0.3) is 0 Å². The summed E-state index contributed by atoms with van der Waals surface area (Å²) in [5.74, 6) is -0.0946. The Morgan fingerprint density at radius 2 is 1.81 bits per heavy atom. The van der Waals surface area contributed by atoms with Crippen molar-refractivity contribution in [2.45, 2.75) is 93.3 Å². The number of carbonyl (C=O) groups excluding carboxylic acids is 3. The fraction of sp³-hybridized carbons (Fsp3) is 0.571. The van der Waals surface area contributed by atoms with E-state index in [4.69, 9.17) is 0 Å². The van der Waals surface area contributed by atoms with Crippen LogP contribution in [0.4, 0.5) is 0 Å². The largest absolute Gasteiger partial charge is 0.352 e. The number of thiazole rings is 1. The molecule has 8 heteroatoms. The fourth-order valence-corrected chi connectivity index (χ4v) is 4.79. The number of likely N-dealkylation sites (tertiary alicyclic amines) is 1. The van der Waals surface area contributed by atoms with Gasteiger partial charge in [0.2, 0.25) is 18.2 Å². The molecule has 1 aromatic carbocycles.